The van der Waals surface area contributed by atoms with Crippen molar-refractivity contribution < 1.29 is 8.42 Å². The Balaban J connectivity index is 0.00000289. The van der Waals surface area contributed by atoms with E-state index in [1.807, 2.05) is 0 Å². The summed E-state index contributed by atoms with van der Waals surface area (Å²) in [5.41, 5.74) is 0. The van der Waals surface area contributed by atoms with Crippen molar-refractivity contribution in [3.8, 4) is 0 Å². The SMILES string of the molecule is C=CCNC(=NC)NCCN1CCCS1(=O)=O.I. The maximum atomic E-state index is 11.5. The van der Waals surface area contributed by atoms with E-state index in [1.54, 1.807) is 13.1 Å². The first-order chi connectivity index (χ1) is 8.10. The van der Waals surface area contributed by atoms with Gasteiger partial charge in [-0.15, -0.1) is 30.6 Å². The normalized spacial score (nSPS) is 19.1. The predicted octanol–water partition coefficient (Wildman–Crippen LogP) is -0.00910. The van der Waals surface area contributed by atoms with Crippen molar-refractivity contribution in [2.24, 2.45) is 4.99 Å². The zero-order valence-corrected chi connectivity index (χ0v) is 13.7. The molecule has 1 heterocycles. The molecule has 6 nitrogen and oxygen atoms in total. The molecule has 0 spiro atoms. The number of hydrogen-bond donors (Lipinski definition) is 2. The van der Waals surface area contributed by atoms with Crippen molar-refractivity contribution in [2.75, 3.05) is 39.0 Å². The van der Waals surface area contributed by atoms with Crippen molar-refractivity contribution in [1.82, 2.24) is 14.9 Å². The van der Waals surface area contributed by atoms with Gasteiger partial charge in [0.1, 0.15) is 0 Å². The fourth-order valence-electron chi connectivity index (χ4n) is 1.63. The zero-order chi connectivity index (χ0) is 12.7. The van der Waals surface area contributed by atoms with E-state index in [1.165, 1.54) is 4.31 Å². The van der Waals surface area contributed by atoms with Gasteiger partial charge in [-0.2, -0.15) is 0 Å². The minimum Gasteiger partial charge on any atom is -0.355 e. The van der Waals surface area contributed by atoms with Crippen LogP contribution in [-0.2, 0) is 10.0 Å². The van der Waals surface area contributed by atoms with Crippen LogP contribution in [0.25, 0.3) is 0 Å². The number of guanidine groups is 1. The van der Waals surface area contributed by atoms with Gasteiger partial charge in [-0.25, -0.2) is 12.7 Å². The second-order valence-corrected chi connectivity index (χ2v) is 5.83. The average Bonchev–Trinajstić information content (AvgIpc) is 2.63. The van der Waals surface area contributed by atoms with Gasteiger partial charge in [-0.3, -0.25) is 4.99 Å². The van der Waals surface area contributed by atoms with Gasteiger partial charge in [0.15, 0.2) is 5.96 Å². The molecule has 0 unspecified atom stereocenters. The number of hydrogen-bond acceptors (Lipinski definition) is 3. The van der Waals surface area contributed by atoms with Gasteiger partial charge < -0.3 is 10.6 Å². The van der Waals surface area contributed by atoms with Crippen LogP contribution >= 0.6 is 24.0 Å². The van der Waals surface area contributed by atoms with Gasteiger partial charge in [0, 0.05) is 33.2 Å². The van der Waals surface area contributed by atoms with Crippen LogP contribution in [-0.4, -0.2) is 57.7 Å². The fourth-order valence-corrected chi connectivity index (χ4v) is 3.16. The highest BCUT2D eigenvalue weighted by molar-refractivity contribution is 14.0. The molecular formula is C10H21IN4O2S. The molecule has 1 rings (SSSR count). The Bertz CT molecular complexity index is 383. The summed E-state index contributed by atoms with van der Waals surface area (Å²) in [6.45, 7) is 5.89. The summed E-state index contributed by atoms with van der Waals surface area (Å²) in [5, 5.41) is 6.07. The molecule has 0 atom stereocenters. The van der Waals surface area contributed by atoms with Crippen LogP contribution in [0.2, 0.25) is 0 Å². The van der Waals surface area contributed by atoms with E-state index in [0.717, 1.165) is 6.42 Å². The van der Waals surface area contributed by atoms with Crippen molar-refractivity contribution >= 4 is 40.0 Å². The first kappa shape index (κ1) is 17.6. The number of sulfonamides is 1. The lowest BCUT2D eigenvalue weighted by molar-refractivity contribution is 0.445. The number of aliphatic imine (C=N–C) groups is 1. The number of rotatable bonds is 5. The van der Waals surface area contributed by atoms with Gasteiger partial charge in [0.05, 0.1) is 5.75 Å². The van der Waals surface area contributed by atoms with Gasteiger partial charge in [0.25, 0.3) is 0 Å². The van der Waals surface area contributed by atoms with Gasteiger partial charge >= 0.3 is 0 Å². The van der Waals surface area contributed by atoms with Gasteiger partial charge in [0.2, 0.25) is 10.0 Å². The molecule has 1 aliphatic heterocycles. The highest BCUT2D eigenvalue weighted by Crippen LogP contribution is 2.11. The van der Waals surface area contributed by atoms with Crippen LogP contribution in [0.15, 0.2) is 17.6 Å². The molecular weight excluding hydrogens is 367 g/mol. The molecule has 18 heavy (non-hydrogen) atoms. The summed E-state index contributed by atoms with van der Waals surface area (Å²) in [4.78, 5) is 4.00. The predicted molar refractivity (Wildman–Crippen MR) is 85.0 cm³/mol. The highest BCUT2D eigenvalue weighted by Gasteiger charge is 2.27. The summed E-state index contributed by atoms with van der Waals surface area (Å²) in [6.07, 6.45) is 2.46. The first-order valence-corrected chi connectivity index (χ1v) is 7.24. The van der Waals surface area contributed by atoms with E-state index in [-0.39, 0.29) is 29.7 Å². The van der Waals surface area contributed by atoms with Crippen LogP contribution < -0.4 is 10.6 Å². The first-order valence-electron chi connectivity index (χ1n) is 5.63. The Morgan fingerprint density at radius 1 is 1.50 bits per heavy atom. The summed E-state index contributed by atoms with van der Waals surface area (Å²) >= 11 is 0. The van der Waals surface area contributed by atoms with Gasteiger partial charge in [-0.05, 0) is 6.42 Å². The second-order valence-electron chi connectivity index (χ2n) is 3.74. The molecule has 0 amide bonds. The van der Waals surface area contributed by atoms with E-state index in [0.29, 0.717) is 32.1 Å². The standard InChI is InChI=1S/C10H20N4O2S.HI/c1-3-5-12-10(11-2)13-6-8-14-7-4-9-17(14,15)16;/h3H,1,4-9H2,2H3,(H2,11,12,13);1H. The molecule has 0 saturated carbocycles. The number of halogens is 1. The van der Waals surface area contributed by atoms with Gasteiger partial charge in [-0.1, -0.05) is 6.08 Å². The molecule has 0 aromatic rings. The maximum Gasteiger partial charge on any atom is 0.214 e. The second kappa shape index (κ2) is 8.70. The van der Waals surface area contributed by atoms with E-state index >= 15 is 0 Å². The number of nitrogens with zero attached hydrogens (tertiary/aromatic N) is 2. The molecule has 0 aromatic carbocycles. The quantitative estimate of drug-likeness (QED) is 0.301. The Kier molecular flexibility index (Phi) is 8.53. The third-order valence-electron chi connectivity index (χ3n) is 2.49. The minimum absolute atomic E-state index is 0. The molecule has 8 heteroatoms. The van der Waals surface area contributed by atoms with Crippen molar-refractivity contribution in [2.45, 2.75) is 6.42 Å². The molecule has 0 radical (unpaired) electrons. The molecule has 2 N–H and O–H groups in total. The molecule has 1 saturated heterocycles. The third kappa shape index (κ3) is 5.53. The van der Waals surface area contributed by atoms with E-state index in [4.69, 9.17) is 0 Å². The minimum atomic E-state index is -2.99. The fraction of sp³-hybridized carbons (Fsp3) is 0.700. The summed E-state index contributed by atoms with van der Waals surface area (Å²) in [5.74, 6) is 0.928. The lowest BCUT2D eigenvalue weighted by Gasteiger charge is -2.16. The zero-order valence-electron chi connectivity index (χ0n) is 10.6. The molecule has 106 valence electrons. The lowest BCUT2D eigenvalue weighted by atomic mass is 10.5. The van der Waals surface area contributed by atoms with Crippen molar-refractivity contribution in [3.63, 3.8) is 0 Å². The topological polar surface area (TPSA) is 73.8 Å². The summed E-state index contributed by atoms with van der Waals surface area (Å²) in [7, 11) is -1.32. The highest BCUT2D eigenvalue weighted by atomic mass is 127. The van der Waals surface area contributed by atoms with Crippen molar-refractivity contribution in [3.05, 3.63) is 12.7 Å². The summed E-state index contributed by atoms with van der Waals surface area (Å²) in [6, 6.07) is 0. The number of nitrogens with one attached hydrogen (secondary N) is 2. The monoisotopic (exact) mass is 388 g/mol. The van der Waals surface area contributed by atoms with E-state index in [2.05, 4.69) is 22.2 Å². The lowest BCUT2D eigenvalue weighted by Crippen LogP contribution is -2.41. The van der Waals surface area contributed by atoms with E-state index in [9.17, 15) is 8.42 Å². The third-order valence-corrected chi connectivity index (χ3v) is 4.45. The van der Waals surface area contributed by atoms with Crippen LogP contribution in [0.4, 0.5) is 0 Å². The van der Waals surface area contributed by atoms with Crippen LogP contribution in [0.3, 0.4) is 0 Å². The van der Waals surface area contributed by atoms with Crippen LogP contribution in [0.1, 0.15) is 6.42 Å². The molecule has 0 bridgehead atoms. The Morgan fingerprint density at radius 2 is 2.22 bits per heavy atom. The van der Waals surface area contributed by atoms with E-state index < -0.39 is 10.0 Å². The Labute approximate surface area is 126 Å². The molecule has 1 aliphatic rings. The molecule has 0 aliphatic carbocycles. The van der Waals surface area contributed by atoms with Crippen molar-refractivity contribution in [1.29, 1.82) is 0 Å². The average molecular weight is 388 g/mol. The maximum absolute atomic E-state index is 11.5. The molecule has 0 aromatic heterocycles. The Hall–Kier alpha value is -0.350. The largest absolute Gasteiger partial charge is 0.355 e. The molecule has 1 fully saturated rings. The Morgan fingerprint density at radius 3 is 2.72 bits per heavy atom. The van der Waals surface area contributed by atoms with Crippen LogP contribution in [0.5, 0.6) is 0 Å². The summed E-state index contributed by atoms with van der Waals surface area (Å²) < 4.78 is 24.6. The smallest absolute Gasteiger partial charge is 0.214 e. The van der Waals surface area contributed by atoms with Crippen LogP contribution in [0, 0.1) is 0 Å².